The normalized spacial score (nSPS) is 26.9. The molecule has 2 amide bonds. The lowest BCUT2D eigenvalue weighted by atomic mass is 10.0. The first kappa shape index (κ1) is 16.5. The zero-order chi connectivity index (χ0) is 17.4. The number of hydrogen-bond acceptors (Lipinski definition) is 4. The largest absolute Gasteiger partial charge is 0.351 e. The summed E-state index contributed by atoms with van der Waals surface area (Å²) in [6.07, 6.45) is 7.55. The van der Waals surface area contributed by atoms with Crippen molar-refractivity contribution in [1.29, 1.82) is 0 Å². The minimum Gasteiger partial charge on any atom is -0.351 e. The number of fused-ring (bicyclic) bond motifs is 1. The minimum atomic E-state index is -0.193. The van der Waals surface area contributed by atoms with Gasteiger partial charge in [-0.1, -0.05) is 19.8 Å². The van der Waals surface area contributed by atoms with E-state index in [4.69, 9.17) is 0 Å². The van der Waals surface area contributed by atoms with Crippen LogP contribution in [0.4, 0.5) is 0 Å². The Balaban J connectivity index is 1.35. The lowest BCUT2D eigenvalue weighted by Crippen LogP contribution is -2.44. The van der Waals surface area contributed by atoms with Gasteiger partial charge in [-0.2, -0.15) is 0 Å². The fourth-order valence-corrected chi connectivity index (χ4v) is 4.56. The number of nitrogens with zero attached hydrogens (tertiary/aromatic N) is 4. The predicted molar refractivity (Wildman–Crippen MR) is 91.7 cm³/mol. The van der Waals surface area contributed by atoms with E-state index in [1.165, 1.54) is 12.8 Å². The average molecular weight is 345 g/mol. The Labute approximate surface area is 148 Å². The molecule has 0 bridgehead atoms. The lowest BCUT2D eigenvalue weighted by molar-refractivity contribution is -0.130. The summed E-state index contributed by atoms with van der Waals surface area (Å²) in [5, 5.41) is 11.6. The smallest absolute Gasteiger partial charge is 0.225 e. The summed E-state index contributed by atoms with van der Waals surface area (Å²) in [5.41, 5.74) is 0. The molecule has 7 nitrogen and oxygen atoms in total. The number of amides is 2. The number of aryl methyl sites for hydroxylation is 2. The van der Waals surface area contributed by atoms with Crippen molar-refractivity contribution in [2.75, 3.05) is 6.54 Å². The van der Waals surface area contributed by atoms with Crippen molar-refractivity contribution in [1.82, 2.24) is 25.0 Å². The third-order valence-electron chi connectivity index (χ3n) is 5.98. The molecule has 0 aromatic carbocycles. The van der Waals surface area contributed by atoms with E-state index in [1.807, 2.05) is 4.90 Å². The molecule has 0 unspecified atom stereocenters. The number of carbonyl (C=O) groups is 2. The van der Waals surface area contributed by atoms with E-state index in [9.17, 15) is 9.59 Å². The average Bonchev–Trinajstić information content (AvgIpc) is 3.33. The van der Waals surface area contributed by atoms with Crippen LogP contribution in [0.15, 0.2) is 0 Å². The van der Waals surface area contributed by atoms with Gasteiger partial charge in [0.1, 0.15) is 11.6 Å². The lowest BCUT2D eigenvalue weighted by Gasteiger charge is -2.27. The van der Waals surface area contributed by atoms with E-state index < -0.39 is 0 Å². The number of likely N-dealkylation sites (tertiary alicyclic amines) is 1. The standard InChI is InChI=1S/C18H27N5O2/c1-2-15-20-21-16-8-7-13(11-23(15)16)19-18(25)12-9-17(24)22(10-12)14-5-3-4-6-14/h12-14H,2-11H2,1H3,(H,19,25)/t12-,13-/m1/s1. The molecule has 1 aliphatic carbocycles. The Morgan fingerprint density at radius 2 is 2.00 bits per heavy atom. The van der Waals surface area contributed by atoms with Crippen LogP contribution in [0.25, 0.3) is 0 Å². The van der Waals surface area contributed by atoms with Crippen LogP contribution in [0.2, 0.25) is 0 Å². The van der Waals surface area contributed by atoms with Gasteiger partial charge in [0, 0.05) is 44.4 Å². The topological polar surface area (TPSA) is 80.1 Å². The van der Waals surface area contributed by atoms with E-state index in [-0.39, 0.29) is 23.8 Å². The molecule has 3 aliphatic rings. The summed E-state index contributed by atoms with van der Waals surface area (Å²) in [6.45, 7) is 3.41. The second kappa shape index (κ2) is 6.77. The number of nitrogens with one attached hydrogen (secondary N) is 1. The number of hydrogen-bond donors (Lipinski definition) is 1. The maximum atomic E-state index is 12.7. The van der Waals surface area contributed by atoms with Gasteiger partial charge in [0.05, 0.1) is 5.92 Å². The summed E-state index contributed by atoms with van der Waals surface area (Å²) in [4.78, 5) is 27.0. The molecule has 2 atom stereocenters. The molecule has 4 rings (SSSR count). The summed E-state index contributed by atoms with van der Waals surface area (Å²) in [7, 11) is 0. The monoisotopic (exact) mass is 345 g/mol. The first-order valence-electron chi connectivity index (χ1n) is 9.66. The minimum absolute atomic E-state index is 0.0356. The highest BCUT2D eigenvalue weighted by molar-refractivity contribution is 5.89. The van der Waals surface area contributed by atoms with Gasteiger partial charge in [0.15, 0.2) is 0 Å². The number of carbonyl (C=O) groups excluding carboxylic acids is 2. The molecular formula is C18H27N5O2. The van der Waals surface area contributed by atoms with Crippen molar-refractivity contribution in [3.63, 3.8) is 0 Å². The van der Waals surface area contributed by atoms with Crippen LogP contribution in [-0.4, -0.2) is 50.1 Å². The Bertz CT molecular complexity index is 651. The van der Waals surface area contributed by atoms with Crippen LogP contribution < -0.4 is 5.32 Å². The first-order chi connectivity index (χ1) is 12.2. The molecule has 0 spiro atoms. The maximum Gasteiger partial charge on any atom is 0.225 e. The number of aromatic nitrogens is 3. The molecule has 2 fully saturated rings. The van der Waals surface area contributed by atoms with Gasteiger partial charge in [-0.3, -0.25) is 9.59 Å². The van der Waals surface area contributed by atoms with Gasteiger partial charge in [0.25, 0.3) is 0 Å². The van der Waals surface area contributed by atoms with Crippen molar-refractivity contribution in [2.24, 2.45) is 5.92 Å². The van der Waals surface area contributed by atoms with Gasteiger partial charge < -0.3 is 14.8 Å². The van der Waals surface area contributed by atoms with Crippen molar-refractivity contribution >= 4 is 11.8 Å². The Hall–Kier alpha value is -1.92. The third-order valence-corrected chi connectivity index (χ3v) is 5.98. The van der Waals surface area contributed by atoms with Gasteiger partial charge in [0.2, 0.25) is 11.8 Å². The molecule has 1 N–H and O–H groups in total. The molecule has 3 heterocycles. The van der Waals surface area contributed by atoms with Gasteiger partial charge in [-0.05, 0) is 19.3 Å². The third kappa shape index (κ3) is 3.16. The zero-order valence-electron chi connectivity index (χ0n) is 14.9. The van der Waals surface area contributed by atoms with E-state index in [0.29, 0.717) is 19.0 Å². The highest BCUT2D eigenvalue weighted by Gasteiger charge is 2.39. The van der Waals surface area contributed by atoms with Crippen LogP contribution in [-0.2, 0) is 29.0 Å². The van der Waals surface area contributed by atoms with Crippen molar-refractivity contribution in [3.05, 3.63) is 11.6 Å². The van der Waals surface area contributed by atoms with Crippen molar-refractivity contribution in [2.45, 2.75) is 76.9 Å². The van der Waals surface area contributed by atoms with Gasteiger partial charge >= 0.3 is 0 Å². The van der Waals surface area contributed by atoms with Crippen LogP contribution in [0, 0.1) is 5.92 Å². The molecule has 1 aromatic rings. The summed E-state index contributed by atoms with van der Waals surface area (Å²) in [5.74, 6) is 2.00. The Morgan fingerprint density at radius 3 is 2.76 bits per heavy atom. The molecule has 1 saturated heterocycles. The maximum absolute atomic E-state index is 12.7. The number of rotatable bonds is 4. The Morgan fingerprint density at radius 1 is 1.20 bits per heavy atom. The molecule has 0 radical (unpaired) electrons. The van der Waals surface area contributed by atoms with E-state index in [1.54, 1.807) is 0 Å². The quantitative estimate of drug-likeness (QED) is 0.885. The highest BCUT2D eigenvalue weighted by atomic mass is 16.2. The highest BCUT2D eigenvalue weighted by Crippen LogP contribution is 2.29. The van der Waals surface area contributed by atoms with Gasteiger partial charge in [-0.25, -0.2) is 0 Å². The summed E-state index contributed by atoms with van der Waals surface area (Å²) >= 11 is 0. The molecule has 136 valence electrons. The second-order valence-electron chi connectivity index (χ2n) is 7.63. The SMILES string of the molecule is CCc1nnc2n1C[C@H](NC(=O)[C@@H]1CC(=O)N(C3CCCC3)C1)CC2. The van der Waals surface area contributed by atoms with Crippen LogP contribution in [0.5, 0.6) is 0 Å². The van der Waals surface area contributed by atoms with Crippen molar-refractivity contribution < 1.29 is 9.59 Å². The molecule has 25 heavy (non-hydrogen) atoms. The van der Waals surface area contributed by atoms with Crippen LogP contribution >= 0.6 is 0 Å². The van der Waals surface area contributed by atoms with Crippen LogP contribution in [0.3, 0.4) is 0 Å². The van der Waals surface area contributed by atoms with Crippen LogP contribution in [0.1, 0.15) is 57.1 Å². The molecular weight excluding hydrogens is 318 g/mol. The molecule has 1 aromatic heterocycles. The van der Waals surface area contributed by atoms with Crippen molar-refractivity contribution in [3.8, 4) is 0 Å². The summed E-state index contributed by atoms with van der Waals surface area (Å²) in [6, 6.07) is 0.476. The fraction of sp³-hybridized carbons (Fsp3) is 0.778. The molecule has 2 aliphatic heterocycles. The van der Waals surface area contributed by atoms with E-state index in [2.05, 4.69) is 27.0 Å². The second-order valence-corrected chi connectivity index (χ2v) is 7.63. The zero-order valence-corrected chi connectivity index (χ0v) is 14.9. The fourth-order valence-electron chi connectivity index (χ4n) is 4.56. The Kier molecular flexibility index (Phi) is 4.48. The van der Waals surface area contributed by atoms with Gasteiger partial charge in [-0.15, -0.1) is 10.2 Å². The molecule has 7 heteroatoms. The molecule has 1 saturated carbocycles. The summed E-state index contributed by atoms with van der Waals surface area (Å²) < 4.78 is 2.14. The predicted octanol–water partition coefficient (Wildman–Crippen LogP) is 1.06. The van der Waals surface area contributed by atoms with E-state index in [0.717, 1.165) is 50.3 Å². The first-order valence-corrected chi connectivity index (χ1v) is 9.66. The van der Waals surface area contributed by atoms with E-state index >= 15 is 0 Å².